The van der Waals surface area contributed by atoms with E-state index in [1.54, 1.807) is 6.07 Å². The number of aromatic nitrogens is 1. The highest BCUT2D eigenvalue weighted by Crippen LogP contribution is 2.34. The zero-order valence-corrected chi connectivity index (χ0v) is 9.80. The number of nitrogens with zero attached hydrogens (tertiary/aromatic N) is 1. The number of fused-ring (bicyclic) bond motifs is 1. The molecule has 3 rings (SSSR count). The lowest BCUT2D eigenvalue weighted by Gasteiger charge is -2.18. The van der Waals surface area contributed by atoms with E-state index in [4.69, 9.17) is 14.0 Å². The number of hydrogen-bond donors (Lipinski definition) is 0. The molecule has 0 bridgehead atoms. The van der Waals surface area contributed by atoms with Crippen LogP contribution in [0.1, 0.15) is 17.4 Å². The van der Waals surface area contributed by atoms with Crippen LogP contribution in [0.4, 0.5) is 0 Å². The highest BCUT2D eigenvalue weighted by molar-refractivity contribution is 5.92. The summed E-state index contributed by atoms with van der Waals surface area (Å²) in [6.07, 6.45) is 0. The summed E-state index contributed by atoms with van der Waals surface area (Å²) in [6, 6.07) is 7.10. The minimum Gasteiger partial charge on any atom is -0.486 e. The van der Waals surface area contributed by atoms with E-state index in [0.717, 1.165) is 11.3 Å². The Labute approximate surface area is 103 Å². The number of rotatable bonds is 2. The number of benzene rings is 1. The van der Waals surface area contributed by atoms with Crippen LogP contribution in [0.15, 0.2) is 28.8 Å². The van der Waals surface area contributed by atoms with Gasteiger partial charge in [0.25, 0.3) is 0 Å². The van der Waals surface area contributed by atoms with Gasteiger partial charge in [-0.2, -0.15) is 0 Å². The fourth-order valence-electron chi connectivity index (χ4n) is 1.77. The van der Waals surface area contributed by atoms with Gasteiger partial charge in [0.1, 0.15) is 18.9 Å². The summed E-state index contributed by atoms with van der Waals surface area (Å²) in [7, 11) is 0. The van der Waals surface area contributed by atoms with Crippen LogP contribution in [0.5, 0.6) is 11.5 Å². The molecule has 0 fully saturated rings. The van der Waals surface area contributed by atoms with Crippen LogP contribution in [0.25, 0.3) is 11.3 Å². The summed E-state index contributed by atoms with van der Waals surface area (Å²) in [5.41, 5.74) is 1.12. The second-order valence-corrected chi connectivity index (χ2v) is 3.99. The summed E-state index contributed by atoms with van der Waals surface area (Å²) >= 11 is 0. The molecule has 0 N–H and O–H groups in total. The largest absolute Gasteiger partial charge is 0.486 e. The third kappa shape index (κ3) is 1.84. The molecule has 2 heterocycles. The zero-order valence-electron chi connectivity index (χ0n) is 9.80. The normalized spacial score (nSPS) is 13.4. The summed E-state index contributed by atoms with van der Waals surface area (Å²) in [6.45, 7) is 2.54. The van der Waals surface area contributed by atoms with Crippen molar-refractivity contribution in [2.24, 2.45) is 0 Å². The quantitative estimate of drug-likeness (QED) is 0.760. The van der Waals surface area contributed by atoms with Gasteiger partial charge in [0.15, 0.2) is 23.0 Å². The molecule has 0 aliphatic carbocycles. The van der Waals surface area contributed by atoms with E-state index in [1.807, 2.05) is 18.2 Å². The third-order valence-corrected chi connectivity index (χ3v) is 2.70. The first-order valence-corrected chi connectivity index (χ1v) is 5.62. The number of carbonyl (C=O) groups is 1. The van der Waals surface area contributed by atoms with Crippen LogP contribution in [0, 0.1) is 0 Å². The molecule has 0 radical (unpaired) electrons. The molecule has 1 aliphatic heterocycles. The molecule has 5 heteroatoms. The van der Waals surface area contributed by atoms with Crippen LogP contribution in [-0.4, -0.2) is 24.2 Å². The molecule has 0 atom stereocenters. The second kappa shape index (κ2) is 4.18. The Balaban J connectivity index is 1.98. The molecule has 1 aromatic carbocycles. The van der Waals surface area contributed by atoms with Gasteiger partial charge in [-0.15, -0.1) is 0 Å². The maximum absolute atomic E-state index is 11.2. The van der Waals surface area contributed by atoms with Crippen LogP contribution in [-0.2, 0) is 0 Å². The Morgan fingerprint density at radius 1 is 1.17 bits per heavy atom. The topological polar surface area (TPSA) is 61.6 Å². The molecule has 1 aliphatic rings. The molecule has 0 saturated heterocycles. The van der Waals surface area contributed by atoms with Gasteiger partial charge in [-0.3, -0.25) is 4.79 Å². The van der Waals surface area contributed by atoms with Crippen molar-refractivity contribution in [2.45, 2.75) is 6.92 Å². The molecule has 2 aromatic rings. The Kier molecular flexibility index (Phi) is 2.51. The predicted octanol–water partition coefficient (Wildman–Crippen LogP) is 2.32. The van der Waals surface area contributed by atoms with Gasteiger partial charge in [-0.05, 0) is 18.2 Å². The Hall–Kier alpha value is -2.30. The maximum Gasteiger partial charge on any atom is 0.181 e. The van der Waals surface area contributed by atoms with Crippen molar-refractivity contribution in [3.05, 3.63) is 30.0 Å². The van der Waals surface area contributed by atoms with Gasteiger partial charge < -0.3 is 14.0 Å². The number of ketones is 1. The van der Waals surface area contributed by atoms with Crippen LogP contribution in [0.3, 0.4) is 0 Å². The molecular formula is C13H11NO4. The summed E-state index contributed by atoms with van der Waals surface area (Å²) in [5, 5.41) is 3.71. The van der Waals surface area contributed by atoms with Crippen LogP contribution < -0.4 is 9.47 Å². The van der Waals surface area contributed by atoms with Crippen molar-refractivity contribution in [1.29, 1.82) is 0 Å². The molecular weight excluding hydrogens is 234 g/mol. The fourth-order valence-corrected chi connectivity index (χ4v) is 1.77. The van der Waals surface area contributed by atoms with E-state index >= 15 is 0 Å². The SMILES string of the molecule is CC(=O)c1cc(-c2ccc3c(c2)OCCO3)on1. The van der Waals surface area contributed by atoms with E-state index in [0.29, 0.717) is 30.4 Å². The van der Waals surface area contributed by atoms with Crippen molar-refractivity contribution < 1.29 is 18.8 Å². The minimum atomic E-state index is -0.123. The number of ether oxygens (including phenoxy) is 2. The molecule has 1 aromatic heterocycles. The molecule has 18 heavy (non-hydrogen) atoms. The highest BCUT2D eigenvalue weighted by Gasteiger charge is 2.15. The summed E-state index contributed by atoms with van der Waals surface area (Å²) < 4.78 is 16.1. The lowest BCUT2D eigenvalue weighted by Crippen LogP contribution is -2.15. The minimum absolute atomic E-state index is 0.123. The van der Waals surface area contributed by atoms with Crippen molar-refractivity contribution in [3.63, 3.8) is 0 Å². The van der Waals surface area contributed by atoms with E-state index < -0.39 is 0 Å². The number of carbonyl (C=O) groups excluding carboxylic acids is 1. The second-order valence-electron chi connectivity index (χ2n) is 3.99. The van der Waals surface area contributed by atoms with Crippen LogP contribution >= 0.6 is 0 Å². The lowest BCUT2D eigenvalue weighted by molar-refractivity contribution is 0.100. The maximum atomic E-state index is 11.2. The molecule has 0 saturated carbocycles. The van der Waals surface area contributed by atoms with Gasteiger partial charge >= 0.3 is 0 Å². The Morgan fingerprint density at radius 3 is 2.67 bits per heavy atom. The Bertz CT molecular complexity index is 603. The predicted molar refractivity (Wildman–Crippen MR) is 62.9 cm³/mol. The van der Waals surface area contributed by atoms with Gasteiger partial charge in [0, 0.05) is 18.6 Å². The molecule has 0 amide bonds. The van der Waals surface area contributed by atoms with E-state index in [-0.39, 0.29) is 5.78 Å². The third-order valence-electron chi connectivity index (χ3n) is 2.70. The average molecular weight is 245 g/mol. The van der Waals surface area contributed by atoms with Gasteiger partial charge in [0.2, 0.25) is 0 Å². The zero-order chi connectivity index (χ0) is 12.5. The molecule has 92 valence electrons. The van der Waals surface area contributed by atoms with E-state index in [2.05, 4.69) is 5.16 Å². The lowest BCUT2D eigenvalue weighted by atomic mass is 10.1. The Morgan fingerprint density at radius 2 is 1.94 bits per heavy atom. The fraction of sp³-hybridized carbons (Fsp3) is 0.231. The van der Waals surface area contributed by atoms with Crippen molar-refractivity contribution in [2.75, 3.05) is 13.2 Å². The molecule has 0 spiro atoms. The van der Waals surface area contributed by atoms with Gasteiger partial charge in [-0.1, -0.05) is 5.16 Å². The first-order chi connectivity index (χ1) is 8.74. The number of hydrogen-bond acceptors (Lipinski definition) is 5. The molecule has 5 nitrogen and oxygen atoms in total. The van der Waals surface area contributed by atoms with Crippen LogP contribution in [0.2, 0.25) is 0 Å². The van der Waals surface area contributed by atoms with Crippen molar-refractivity contribution in [1.82, 2.24) is 5.16 Å². The first-order valence-electron chi connectivity index (χ1n) is 5.62. The van der Waals surface area contributed by atoms with Gasteiger partial charge in [0.05, 0.1) is 0 Å². The van der Waals surface area contributed by atoms with E-state index in [1.165, 1.54) is 6.92 Å². The smallest absolute Gasteiger partial charge is 0.181 e. The molecule has 0 unspecified atom stereocenters. The van der Waals surface area contributed by atoms with Crippen molar-refractivity contribution in [3.8, 4) is 22.8 Å². The first kappa shape index (κ1) is 10.8. The number of Topliss-reactive ketones (excluding diaryl/α,β-unsaturated/α-hetero) is 1. The standard InChI is InChI=1S/C13H11NO4/c1-8(15)10-7-12(18-14-10)9-2-3-11-13(6-9)17-5-4-16-11/h2-3,6-7H,4-5H2,1H3. The van der Waals surface area contributed by atoms with Gasteiger partial charge in [-0.25, -0.2) is 0 Å². The summed E-state index contributed by atoms with van der Waals surface area (Å²) in [4.78, 5) is 11.2. The van der Waals surface area contributed by atoms with Crippen molar-refractivity contribution >= 4 is 5.78 Å². The summed E-state index contributed by atoms with van der Waals surface area (Å²) in [5.74, 6) is 1.82. The van der Waals surface area contributed by atoms with E-state index in [9.17, 15) is 4.79 Å². The highest BCUT2D eigenvalue weighted by atomic mass is 16.6. The monoisotopic (exact) mass is 245 g/mol. The average Bonchev–Trinajstić information content (AvgIpc) is 2.88.